The number of aliphatic imine (C=N–C) groups is 1. The molecule has 0 radical (unpaired) electrons. The molecule has 1 aromatic rings. The van der Waals surface area contributed by atoms with E-state index in [9.17, 15) is 4.79 Å². The number of likely N-dealkylation sites (N-methyl/N-ethyl adjacent to an activating group) is 1. The second-order valence-electron chi connectivity index (χ2n) is 6.76. The Balaban J connectivity index is 1.86. The molecule has 7 nitrogen and oxygen atoms in total. The highest BCUT2D eigenvalue weighted by atomic mass is 32.1. The number of thiophene rings is 1. The number of piperidine rings is 1. The van der Waals surface area contributed by atoms with Gasteiger partial charge in [0.2, 0.25) is 5.91 Å². The summed E-state index contributed by atoms with van der Waals surface area (Å²) in [5, 5.41) is 5.48. The van der Waals surface area contributed by atoms with E-state index >= 15 is 0 Å². The topological polar surface area (TPSA) is 66.4 Å². The van der Waals surface area contributed by atoms with Gasteiger partial charge in [-0.15, -0.1) is 11.3 Å². The summed E-state index contributed by atoms with van der Waals surface area (Å²) in [7, 11) is 5.22. The van der Waals surface area contributed by atoms with Crippen molar-refractivity contribution in [2.45, 2.75) is 31.9 Å². The maximum absolute atomic E-state index is 11.9. The molecule has 1 aromatic heterocycles. The number of guanidine groups is 1. The normalized spacial score (nSPS) is 15.8. The summed E-state index contributed by atoms with van der Waals surface area (Å²) in [6.45, 7) is 4.12. The molecule has 0 unspecified atom stereocenters. The van der Waals surface area contributed by atoms with E-state index in [0.717, 1.165) is 58.1 Å². The molecule has 1 aliphatic heterocycles. The fourth-order valence-corrected chi connectivity index (χ4v) is 3.46. The average Bonchev–Trinajstić information content (AvgIpc) is 3.19. The van der Waals surface area contributed by atoms with Crippen LogP contribution in [-0.4, -0.2) is 81.8 Å². The summed E-state index contributed by atoms with van der Waals surface area (Å²) in [6.07, 6.45) is 3.15. The second kappa shape index (κ2) is 11.9. The van der Waals surface area contributed by atoms with E-state index in [2.05, 4.69) is 26.7 Å². The Bertz CT molecular complexity index is 570. The van der Waals surface area contributed by atoms with Gasteiger partial charge in [-0.2, -0.15) is 0 Å². The van der Waals surface area contributed by atoms with Gasteiger partial charge in [-0.05, 0) is 30.7 Å². The van der Waals surface area contributed by atoms with Crippen LogP contribution < -0.4 is 5.32 Å². The number of amides is 1. The Kier molecular flexibility index (Phi) is 9.58. The Morgan fingerprint density at radius 3 is 2.78 bits per heavy atom. The Hall–Kier alpha value is -1.64. The largest absolute Gasteiger partial charge is 0.385 e. The van der Waals surface area contributed by atoms with Crippen LogP contribution in [0.1, 0.15) is 24.1 Å². The van der Waals surface area contributed by atoms with Crippen LogP contribution >= 0.6 is 11.3 Å². The van der Waals surface area contributed by atoms with Crippen molar-refractivity contribution in [2.75, 3.05) is 54.1 Å². The van der Waals surface area contributed by atoms with Crippen LogP contribution in [-0.2, 0) is 20.8 Å². The number of ether oxygens (including phenoxy) is 2. The number of carbonyl (C=O) groups is 1. The number of carbonyl (C=O) groups excluding carboxylic acids is 1. The van der Waals surface area contributed by atoms with E-state index in [-0.39, 0.29) is 12.5 Å². The SMILES string of the molecule is COCCCOC1CCN(C(=NCC(=O)N(C)C)NCc2cccs2)CC1. The molecular weight excluding hydrogens is 364 g/mol. The summed E-state index contributed by atoms with van der Waals surface area (Å²) in [5.74, 6) is 0.804. The number of hydrogen-bond acceptors (Lipinski definition) is 5. The van der Waals surface area contributed by atoms with E-state index in [1.807, 2.05) is 6.07 Å². The molecule has 2 heterocycles. The first-order chi connectivity index (χ1) is 13.1. The van der Waals surface area contributed by atoms with E-state index in [1.165, 1.54) is 4.88 Å². The first-order valence-electron chi connectivity index (χ1n) is 9.46. The third kappa shape index (κ3) is 7.86. The number of nitrogens with zero attached hydrogens (tertiary/aromatic N) is 3. The minimum Gasteiger partial charge on any atom is -0.385 e. The van der Waals surface area contributed by atoms with Crippen molar-refractivity contribution in [3.63, 3.8) is 0 Å². The Labute approximate surface area is 166 Å². The molecule has 1 fully saturated rings. The minimum absolute atomic E-state index is 0.00165. The molecule has 27 heavy (non-hydrogen) atoms. The molecule has 0 atom stereocenters. The maximum atomic E-state index is 11.9. The summed E-state index contributed by atoms with van der Waals surface area (Å²) in [6, 6.07) is 4.14. The zero-order valence-corrected chi connectivity index (χ0v) is 17.5. The van der Waals surface area contributed by atoms with E-state index in [1.54, 1.807) is 37.4 Å². The van der Waals surface area contributed by atoms with Gasteiger partial charge in [-0.3, -0.25) is 4.79 Å². The monoisotopic (exact) mass is 396 g/mol. The summed E-state index contributed by atoms with van der Waals surface area (Å²) >= 11 is 1.71. The van der Waals surface area contributed by atoms with Crippen LogP contribution in [0.2, 0.25) is 0 Å². The highest BCUT2D eigenvalue weighted by Crippen LogP contribution is 2.15. The Morgan fingerprint density at radius 2 is 2.15 bits per heavy atom. The zero-order valence-electron chi connectivity index (χ0n) is 16.6. The minimum atomic E-state index is 0.00165. The fraction of sp³-hybridized carbons (Fsp3) is 0.684. The predicted molar refractivity (Wildman–Crippen MR) is 109 cm³/mol. The van der Waals surface area contributed by atoms with E-state index < -0.39 is 0 Å². The molecule has 8 heteroatoms. The van der Waals surface area contributed by atoms with Crippen molar-refractivity contribution in [3.8, 4) is 0 Å². The number of likely N-dealkylation sites (tertiary alicyclic amines) is 1. The summed E-state index contributed by atoms with van der Waals surface area (Å²) in [5.41, 5.74) is 0. The average molecular weight is 397 g/mol. The summed E-state index contributed by atoms with van der Waals surface area (Å²) in [4.78, 5) is 21.5. The van der Waals surface area contributed by atoms with E-state index in [4.69, 9.17) is 9.47 Å². The van der Waals surface area contributed by atoms with Gasteiger partial charge < -0.3 is 24.6 Å². The van der Waals surface area contributed by atoms with Crippen molar-refractivity contribution in [3.05, 3.63) is 22.4 Å². The van der Waals surface area contributed by atoms with Gasteiger partial charge in [0.25, 0.3) is 0 Å². The third-order valence-electron chi connectivity index (χ3n) is 4.45. The summed E-state index contributed by atoms with van der Waals surface area (Å²) < 4.78 is 11.0. The van der Waals surface area contributed by atoms with Gasteiger partial charge in [-0.1, -0.05) is 6.07 Å². The van der Waals surface area contributed by atoms with Crippen molar-refractivity contribution in [1.29, 1.82) is 0 Å². The van der Waals surface area contributed by atoms with Gasteiger partial charge in [0.05, 0.1) is 12.6 Å². The van der Waals surface area contributed by atoms with Crippen LogP contribution in [0.15, 0.2) is 22.5 Å². The molecule has 0 spiro atoms. The van der Waals surface area contributed by atoms with Gasteiger partial charge >= 0.3 is 0 Å². The Morgan fingerprint density at radius 1 is 1.37 bits per heavy atom. The molecule has 2 rings (SSSR count). The highest BCUT2D eigenvalue weighted by molar-refractivity contribution is 7.09. The molecule has 0 saturated carbocycles. The molecule has 1 aliphatic rings. The number of nitrogens with one attached hydrogen (secondary N) is 1. The first-order valence-corrected chi connectivity index (χ1v) is 10.3. The lowest BCUT2D eigenvalue weighted by Crippen LogP contribution is -2.47. The predicted octanol–water partition coefficient (Wildman–Crippen LogP) is 1.80. The van der Waals surface area contributed by atoms with Crippen LogP contribution in [0.3, 0.4) is 0 Å². The van der Waals surface area contributed by atoms with Crippen LogP contribution in [0, 0.1) is 0 Å². The van der Waals surface area contributed by atoms with Crippen molar-refractivity contribution < 1.29 is 14.3 Å². The zero-order chi connectivity index (χ0) is 19.5. The van der Waals surface area contributed by atoms with Crippen LogP contribution in [0.4, 0.5) is 0 Å². The molecule has 1 saturated heterocycles. The lowest BCUT2D eigenvalue weighted by atomic mass is 10.1. The second-order valence-corrected chi connectivity index (χ2v) is 7.80. The molecule has 0 bridgehead atoms. The number of rotatable bonds is 9. The number of methoxy groups -OCH3 is 1. The standard InChI is InChI=1S/C19H32N4O3S/c1-22(2)18(24)15-21-19(20-14-17-6-4-13-27-17)23-9-7-16(8-10-23)26-12-5-11-25-3/h4,6,13,16H,5,7-12,14-15H2,1-3H3,(H,20,21). The third-order valence-corrected chi connectivity index (χ3v) is 5.33. The lowest BCUT2D eigenvalue weighted by Gasteiger charge is -2.34. The van der Waals surface area contributed by atoms with Crippen molar-refractivity contribution in [1.82, 2.24) is 15.1 Å². The number of hydrogen-bond donors (Lipinski definition) is 1. The van der Waals surface area contributed by atoms with Gasteiger partial charge in [0, 0.05) is 52.4 Å². The van der Waals surface area contributed by atoms with Gasteiger partial charge in [-0.25, -0.2) is 4.99 Å². The van der Waals surface area contributed by atoms with Crippen molar-refractivity contribution in [2.24, 2.45) is 4.99 Å². The molecule has 0 aliphatic carbocycles. The quantitative estimate of drug-likeness (QED) is 0.392. The molecular formula is C19H32N4O3S. The van der Waals surface area contributed by atoms with Gasteiger partial charge in [0.15, 0.2) is 5.96 Å². The van der Waals surface area contributed by atoms with E-state index in [0.29, 0.717) is 6.10 Å². The van der Waals surface area contributed by atoms with Crippen LogP contribution in [0.5, 0.6) is 0 Å². The molecule has 1 N–H and O–H groups in total. The first kappa shape index (κ1) is 21.7. The van der Waals surface area contributed by atoms with Gasteiger partial charge in [0.1, 0.15) is 6.54 Å². The molecule has 1 amide bonds. The van der Waals surface area contributed by atoms with Crippen LogP contribution in [0.25, 0.3) is 0 Å². The molecule has 0 aromatic carbocycles. The van der Waals surface area contributed by atoms with Crippen molar-refractivity contribution >= 4 is 23.2 Å². The maximum Gasteiger partial charge on any atom is 0.243 e. The fourth-order valence-electron chi connectivity index (χ4n) is 2.82. The molecule has 152 valence electrons. The smallest absolute Gasteiger partial charge is 0.243 e. The highest BCUT2D eigenvalue weighted by Gasteiger charge is 2.22. The lowest BCUT2D eigenvalue weighted by molar-refractivity contribution is -0.127.